The van der Waals surface area contributed by atoms with Crippen molar-refractivity contribution in [3.8, 4) is 0 Å². The number of nitrogens with two attached hydrogens (primary N) is 1. The molecule has 0 aromatic rings. The Bertz CT molecular complexity index is 176. The minimum absolute atomic E-state index is 0.0749. The van der Waals surface area contributed by atoms with Crippen molar-refractivity contribution < 1.29 is 4.74 Å². The van der Waals surface area contributed by atoms with Crippen LogP contribution in [-0.2, 0) is 4.74 Å². The molecule has 3 N–H and O–H groups in total. The molecule has 1 aliphatic carbocycles. The van der Waals surface area contributed by atoms with E-state index in [2.05, 4.69) is 19.3 Å². The van der Waals surface area contributed by atoms with Gasteiger partial charge in [-0.05, 0) is 39.0 Å². The second-order valence-electron chi connectivity index (χ2n) is 5.34. The molecule has 15 heavy (non-hydrogen) atoms. The van der Waals surface area contributed by atoms with Crippen molar-refractivity contribution in [2.24, 2.45) is 11.8 Å². The van der Waals surface area contributed by atoms with E-state index in [1.807, 2.05) is 0 Å². The predicted molar refractivity (Wildman–Crippen MR) is 63.4 cm³/mol. The van der Waals surface area contributed by atoms with Gasteiger partial charge in [-0.3, -0.25) is 11.3 Å². The molecule has 1 atom stereocenters. The molecule has 3 nitrogen and oxygen atoms in total. The minimum Gasteiger partial charge on any atom is -0.379 e. The summed E-state index contributed by atoms with van der Waals surface area (Å²) in [5.74, 6) is 6.39. The molecule has 0 saturated heterocycles. The first-order valence-corrected chi connectivity index (χ1v) is 6.10. The van der Waals surface area contributed by atoms with Gasteiger partial charge < -0.3 is 4.74 Å². The minimum atomic E-state index is -0.0749. The molecule has 0 spiro atoms. The van der Waals surface area contributed by atoms with Crippen molar-refractivity contribution in [2.75, 3.05) is 7.11 Å². The maximum Gasteiger partial charge on any atom is 0.0638 e. The molecule has 0 amide bonds. The van der Waals surface area contributed by atoms with Crippen LogP contribution in [-0.4, -0.2) is 18.8 Å². The van der Waals surface area contributed by atoms with E-state index in [4.69, 9.17) is 10.6 Å². The molecule has 1 aliphatic rings. The highest BCUT2D eigenvalue weighted by Gasteiger charge is 2.28. The molecule has 0 aromatic heterocycles. The fraction of sp³-hybridized carbons (Fsp3) is 1.00. The Morgan fingerprint density at radius 3 is 2.40 bits per heavy atom. The van der Waals surface area contributed by atoms with Gasteiger partial charge in [0.1, 0.15) is 0 Å². The lowest BCUT2D eigenvalue weighted by atomic mass is 9.80. The zero-order valence-corrected chi connectivity index (χ0v) is 10.4. The molecule has 3 heteroatoms. The normalized spacial score (nSPS) is 21.6. The second-order valence-corrected chi connectivity index (χ2v) is 5.34. The summed E-state index contributed by atoms with van der Waals surface area (Å²) < 4.78 is 5.47. The summed E-state index contributed by atoms with van der Waals surface area (Å²) in [4.78, 5) is 0. The van der Waals surface area contributed by atoms with Gasteiger partial charge in [-0.1, -0.05) is 19.3 Å². The van der Waals surface area contributed by atoms with Crippen LogP contribution in [0.2, 0.25) is 0 Å². The van der Waals surface area contributed by atoms with Crippen LogP contribution >= 0.6 is 0 Å². The van der Waals surface area contributed by atoms with E-state index < -0.39 is 0 Å². The highest BCUT2D eigenvalue weighted by molar-refractivity contribution is 4.84. The van der Waals surface area contributed by atoms with Gasteiger partial charge in [-0.15, -0.1) is 0 Å². The lowest BCUT2D eigenvalue weighted by molar-refractivity contribution is -0.000606. The first-order chi connectivity index (χ1) is 7.09. The van der Waals surface area contributed by atoms with Gasteiger partial charge in [-0.25, -0.2) is 0 Å². The molecule has 1 fully saturated rings. The first kappa shape index (κ1) is 12.9. The molecule has 0 radical (unpaired) electrons. The molecule has 0 aromatic carbocycles. The highest BCUT2D eigenvalue weighted by atomic mass is 16.5. The Labute approximate surface area is 93.7 Å². The maximum atomic E-state index is 5.66. The third kappa shape index (κ3) is 4.09. The summed E-state index contributed by atoms with van der Waals surface area (Å²) in [5, 5.41) is 0. The van der Waals surface area contributed by atoms with E-state index in [1.165, 1.54) is 32.1 Å². The Balaban J connectivity index is 2.46. The standard InChI is InChI=1S/C12H26N2O/c1-12(2,15-3)9-11(14-13)10-7-5-4-6-8-10/h10-11,14H,4-9,13H2,1-3H3. The van der Waals surface area contributed by atoms with Gasteiger partial charge in [0.05, 0.1) is 5.60 Å². The van der Waals surface area contributed by atoms with Crippen LogP contribution in [0.1, 0.15) is 52.4 Å². The molecule has 0 bridgehead atoms. The molecular weight excluding hydrogens is 188 g/mol. The zero-order chi connectivity index (χ0) is 11.3. The Hall–Kier alpha value is -0.120. The van der Waals surface area contributed by atoms with E-state index in [0.717, 1.165) is 12.3 Å². The van der Waals surface area contributed by atoms with Crippen molar-refractivity contribution in [1.82, 2.24) is 5.43 Å². The second kappa shape index (κ2) is 5.83. The third-order valence-electron chi connectivity index (χ3n) is 3.70. The molecule has 1 unspecified atom stereocenters. The first-order valence-electron chi connectivity index (χ1n) is 6.10. The van der Waals surface area contributed by atoms with E-state index in [0.29, 0.717) is 6.04 Å². The fourth-order valence-corrected chi connectivity index (χ4v) is 2.51. The number of rotatable bonds is 5. The molecule has 90 valence electrons. The number of hydrogen-bond acceptors (Lipinski definition) is 3. The number of hydrogen-bond donors (Lipinski definition) is 2. The summed E-state index contributed by atoms with van der Waals surface area (Å²) in [6, 6.07) is 0.403. The lowest BCUT2D eigenvalue weighted by Gasteiger charge is -2.35. The average molecular weight is 214 g/mol. The van der Waals surface area contributed by atoms with Gasteiger partial charge in [0, 0.05) is 13.2 Å². The zero-order valence-electron chi connectivity index (χ0n) is 10.4. The fourth-order valence-electron chi connectivity index (χ4n) is 2.51. The topological polar surface area (TPSA) is 47.3 Å². The Morgan fingerprint density at radius 2 is 1.93 bits per heavy atom. The van der Waals surface area contributed by atoms with Crippen molar-refractivity contribution >= 4 is 0 Å². The Morgan fingerprint density at radius 1 is 1.33 bits per heavy atom. The van der Waals surface area contributed by atoms with Gasteiger partial charge in [0.25, 0.3) is 0 Å². The van der Waals surface area contributed by atoms with Gasteiger partial charge in [0.15, 0.2) is 0 Å². The monoisotopic (exact) mass is 214 g/mol. The van der Waals surface area contributed by atoms with Crippen LogP contribution in [0.15, 0.2) is 0 Å². The SMILES string of the molecule is COC(C)(C)CC(NN)C1CCCCC1. The van der Waals surface area contributed by atoms with Crippen molar-refractivity contribution in [2.45, 2.75) is 64.0 Å². The van der Waals surface area contributed by atoms with Crippen molar-refractivity contribution in [3.05, 3.63) is 0 Å². The summed E-state index contributed by atoms with van der Waals surface area (Å²) in [6.45, 7) is 4.25. The highest BCUT2D eigenvalue weighted by Crippen LogP contribution is 2.30. The third-order valence-corrected chi connectivity index (χ3v) is 3.70. The smallest absolute Gasteiger partial charge is 0.0638 e. The number of ether oxygens (including phenoxy) is 1. The molecule has 0 aliphatic heterocycles. The van der Waals surface area contributed by atoms with Gasteiger partial charge in [-0.2, -0.15) is 0 Å². The quantitative estimate of drug-likeness (QED) is 0.545. The Kier molecular flexibility index (Phi) is 5.03. The van der Waals surface area contributed by atoms with Gasteiger partial charge in [0.2, 0.25) is 0 Å². The van der Waals surface area contributed by atoms with Crippen LogP contribution in [0.5, 0.6) is 0 Å². The average Bonchev–Trinajstić information content (AvgIpc) is 2.27. The van der Waals surface area contributed by atoms with Crippen molar-refractivity contribution in [3.63, 3.8) is 0 Å². The summed E-state index contributed by atoms with van der Waals surface area (Å²) in [5.41, 5.74) is 2.91. The van der Waals surface area contributed by atoms with Crippen LogP contribution in [0.4, 0.5) is 0 Å². The summed E-state index contributed by atoms with van der Waals surface area (Å²) >= 11 is 0. The van der Waals surface area contributed by atoms with Crippen LogP contribution in [0, 0.1) is 5.92 Å². The summed E-state index contributed by atoms with van der Waals surface area (Å²) in [7, 11) is 1.77. The predicted octanol–water partition coefficient (Wildman–Crippen LogP) is 2.21. The number of hydrazine groups is 1. The van der Waals surface area contributed by atoms with Gasteiger partial charge >= 0.3 is 0 Å². The van der Waals surface area contributed by atoms with Crippen LogP contribution in [0.3, 0.4) is 0 Å². The van der Waals surface area contributed by atoms with E-state index in [1.54, 1.807) is 7.11 Å². The maximum absolute atomic E-state index is 5.66. The largest absolute Gasteiger partial charge is 0.379 e. The van der Waals surface area contributed by atoms with Crippen LogP contribution in [0.25, 0.3) is 0 Å². The van der Waals surface area contributed by atoms with E-state index in [9.17, 15) is 0 Å². The van der Waals surface area contributed by atoms with Crippen molar-refractivity contribution in [1.29, 1.82) is 0 Å². The molecule has 0 heterocycles. The molecular formula is C12H26N2O. The van der Waals surface area contributed by atoms with E-state index >= 15 is 0 Å². The summed E-state index contributed by atoms with van der Waals surface area (Å²) in [6.07, 6.45) is 7.72. The molecule has 1 rings (SSSR count). The number of methoxy groups -OCH3 is 1. The van der Waals surface area contributed by atoms with Crippen LogP contribution < -0.4 is 11.3 Å². The molecule has 1 saturated carbocycles. The number of nitrogens with one attached hydrogen (secondary N) is 1. The van der Waals surface area contributed by atoms with E-state index in [-0.39, 0.29) is 5.60 Å². The lowest BCUT2D eigenvalue weighted by Crippen LogP contribution is -2.46.